The van der Waals surface area contributed by atoms with E-state index in [0.717, 1.165) is 37.7 Å². The maximum Gasteiger partial charge on any atom is 0.331 e. The summed E-state index contributed by atoms with van der Waals surface area (Å²) in [5.41, 5.74) is -0.672. The van der Waals surface area contributed by atoms with Crippen LogP contribution in [0.3, 0.4) is 0 Å². The van der Waals surface area contributed by atoms with Gasteiger partial charge in [-0.15, -0.1) is 0 Å². The van der Waals surface area contributed by atoms with Crippen LogP contribution in [0.5, 0.6) is 0 Å². The van der Waals surface area contributed by atoms with Crippen LogP contribution in [-0.4, -0.2) is 44.6 Å². The zero-order valence-corrected chi connectivity index (χ0v) is 22.2. The van der Waals surface area contributed by atoms with E-state index >= 15 is 0 Å². The number of carboxylic acids is 1. The van der Waals surface area contributed by atoms with Crippen molar-refractivity contribution in [3.63, 3.8) is 0 Å². The van der Waals surface area contributed by atoms with Crippen molar-refractivity contribution in [1.29, 1.82) is 0 Å². The van der Waals surface area contributed by atoms with Gasteiger partial charge in [-0.25, -0.2) is 4.79 Å². The van der Waals surface area contributed by atoms with Crippen molar-refractivity contribution in [3.05, 3.63) is 23.3 Å². The van der Waals surface area contributed by atoms with E-state index in [4.69, 9.17) is 4.74 Å². The van der Waals surface area contributed by atoms with Gasteiger partial charge in [0.25, 0.3) is 0 Å². The number of esters is 1. The molecule has 1 heterocycles. The van der Waals surface area contributed by atoms with E-state index in [9.17, 15) is 24.9 Å². The lowest BCUT2D eigenvalue weighted by Gasteiger charge is -2.55. The molecule has 4 bridgehead atoms. The molecule has 1 saturated heterocycles. The molecule has 6 nitrogen and oxygen atoms in total. The molecule has 3 N–H and O–H groups in total. The van der Waals surface area contributed by atoms with Crippen LogP contribution in [0.2, 0.25) is 0 Å². The lowest BCUT2D eigenvalue weighted by atomic mass is 9.54. The molecule has 6 rings (SSSR count). The molecule has 0 amide bonds. The van der Waals surface area contributed by atoms with E-state index in [1.807, 2.05) is 6.92 Å². The smallest absolute Gasteiger partial charge is 0.331 e. The van der Waals surface area contributed by atoms with Crippen molar-refractivity contribution in [2.24, 2.45) is 46.3 Å². The van der Waals surface area contributed by atoms with E-state index < -0.39 is 34.1 Å². The molecule has 3 spiro atoms. The molecule has 0 aromatic heterocycles. The molecule has 6 aliphatic rings. The van der Waals surface area contributed by atoms with E-state index in [-0.39, 0.29) is 41.1 Å². The third kappa shape index (κ3) is 2.66. The van der Waals surface area contributed by atoms with Crippen LogP contribution in [0.25, 0.3) is 0 Å². The van der Waals surface area contributed by atoms with Gasteiger partial charge in [0.1, 0.15) is 11.2 Å². The number of rotatable bonds is 2. The number of fused-ring (bicyclic) bond motifs is 4. The molecular formula is C30H42O6. The fourth-order valence-electron chi connectivity index (χ4n) is 10.6. The summed E-state index contributed by atoms with van der Waals surface area (Å²) in [5, 5.41) is 33.2. The van der Waals surface area contributed by atoms with Crippen LogP contribution in [-0.2, 0) is 14.3 Å². The highest BCUT2D eigenvalue weighted by atomic mass is 16.6. The summed E-state index contributed by atoms with van der Waals surface area (Å²) in [4.78, 5) is 26.1. The number of hydrogen-bond acceptors (Lipinski definition) is 5. The van der Waals surface area contributed by atoms with Gasteiger partial charge in [0.15, 0.2) is 0 Å². The Morgan fingerprint density at radius 1 is 1.11 bits per heavy atom. The Labute approximate surface area is 214 Å². The number of ether oxygens (including phenoxy) is 1. The third-order valence-electron chi connectivity index (χ3n) is 12.6. The normalized spacial score (nSPS) is 53.5. The van der Waals surface area contributed by atoms with E-state index in [1.165, 1.54) is 5.57 Å². The Balaban J connectivity index is 1.46. The van der Waals surface area contributed by atoms with E-state index in [2.05, 4.69) is 27.4 Å². The average Bonchev–Trinajstić information content (AvgIpc) is 3.19. The minimum atomic E-state index is -1.03. The maximum atomic E-state index is 14.4. The molecule has 5 aliphatic carbocycles. The predicted molar refractivity (Wildman–Crippen MR) is 134 cm³/mol. The molecular weight excluding hydrogens is 456 g/mol. The number of carbonyl (C=O) groups is 2. The largest absolute Gasteiger partial charge is 0.478 e. The van der Waals surface area contributed by atoms with Crippen LogP contribution in [0.1, 0.15) is 85.5 Å². The van der Waals surface area contributed by atoms with Gasteiger partial charge in [-0.05, 0) is 95.3 Å². The molecule has 1 aliphatic heterocycles. The quantitative estimate of drug-likeness (QED) is 0.291. The second-order valence-electron chi connectivity index (χ2n) is 13.7. The summed E-state index contributed by atoms with van der Waals surface area (Å²) in [5.74, 6) is -0.870. The first-order chi connectivity index (χ1) is 16.8. The molecule has 0 radical (unpaired) electrons. The molecule has 0 aromatic rings. The molecule has 1 unspecified atom stereocenters. The summed E-state index contributed by atoms with van der Waals surface area (Å²) >= 11 is 0. The van der Waals surface area contributed by atoms with E-state index in [1.54, 1.807) is 0 Å². The van der Waals surface area contributed by atoms with Crippen LogP contribution >= 0.6 is 0 Å². The molecule has 5 fully saturated rings. The Morgan fingerprint density at radius 2 is 1.83 bits per heavy atom. The molecule has 4 saturated carbocycles. The van der Waals surface area contributed by atoms with Crippen LogP contribution in [0.4, 0.5) is 0 Å². The van der Waals surface area contributed by atoms with Crippen molar-refractivity contribution in [3.8, 4) is 0 Å². The minimum absolute atomic E-state index is 0.0616. The van der Waals surface area contributed by atoms with Crippen molar-refractivity contribution in [1.82, 2.24) is 0 Å². The second-order valence-corrected chi connectivity index (χ2v) is 13.7. The lowest BCUT2D eigenvalue weighted by Crippen LogP contribution is -2.64. The summed E-state index contributed by atoms with van der Waals surface area (Å²) in [6.45, 7) is 12.2. The Morgan fingerprint density at radius 3 is 2.53 bits per heavy atom. The number of hydrogen-bond donors (Lipinski definition) is 3. The second kappa shape index (κ2) is 7.47. The highest BCUT2D eigenvalue weighted by Gasteiger charge is 2.78. The highest BCUT2D eigenvalue weighted by molar-refractivity contribution is 5.86. The Kier molecular flexibility index (Phi) is 5.12. The predicted octanol–water partition coefficient (Wildman–Crippen LogP) is 4.64. The zero-order valence-electron chi connectivity index (χ0n) is 22.2. The molecule has 6 heteroatoms. The standard InChI is InChI=1S/C30H42O6/c1-15-6-9-20-13-30(21(15)10-11-27(30,5)35)36-26(34)29(20)14-28-16(2)7-8-19(17(3)25(32)33)12-22(28)18(4)23(29)24(28)31/h15-16,19-21,23-24,31,35H,3,6-14H2,1-2,4-5H3,(H,32,33)/t15-,16-,19+,20+,21-,23-,24-,27-,28?,29+,30+/m0/s1. The molecule has 36 heavy (non-hydrogen) atoms. The maximum absolute atomic E-state index is 14.4. The molecule has 198 valence electrons. The first-order valence-corrected chi connectivity index (χ1v) is 14.1. The summed E-state index contributed by atoms with van der Waals surface area (Å²) in [7, 11) is 0. The fraction of sp³-hybridized carbons (Fsp3) is 0.800. The summed E-state index contributed by atoms with van der Waals surface area (Å²) in [6.07, 6.45) is 6.17. The first-order valence-electron chi connectivity index (χ1n) is 14.1. The van der Waals surface area contributed by atoms with Gasteiger partial charge < -0.3 is 20.1 Å². The SMILES string of the molecule is C=C(C(=O)O)[C@@H]1CC[C@H](C)C23C[C@]4(C(=O)O[C@]56C[C@H]4CC[C@H](C)[C@@H]5CC[C@]6(C)O)[C@@H](C(C)=C2C1)[C@@H]3O. The van der Waals surface area contributed by atoms with Gasteiger partial charge in [-0.2, -0.15) is 0 Å². The van der Waals surface area contributed by atoms with Crippen LogP contribution in [0.15, 0.2) is 23.3 Å². The topological polar surface area (TPSA) is 104 Å². The number of aliphatic hydroxyl groups is 2. The van der Waals surface area contributed by atoms with Crippen molar-refractivity contribution < 1.29 is 29.6 Å². The summed E-state index contributed by atoms with van der Waals surface area (Å²) in [6, 6.07) is 0. The highest BCUT2D eigenvalue weighted by Crippen LogP contribution is 2.76. The summed E-state index contributed by atoms with van der Waals surface area (Å²) < 4.78 is 6.54. The van der Waals surface area contributed by atoms with Gasteiger partial charge in [-0.1, -0.05) is 31.6 Å². The van der Waals surface area contributed by atoms with Crippen LogP contribution < -0.4 is 0 Å². The van der Waals surface area contributed by atoms with Crippen molar-refractivity contribution >= 4 is 11.9 Å². The minimum Gasteiger partial charge on any atom is -0.478 e. The van der Waals surface area contributed by atoms with Gasteiger partial charge in [0, 0.05) is 22.8 Å². The average molecular weight is 499 g/mol. The number of carboxylic acid groups (broad SMARTS) is 1. The number of carbonyl (C=O) groups excluding carboxylic acids is 1. The Hall–Kier alpha value is -1.66. The number of aliphatic hydroxyl groups excluding tert-OH is 1. The monoisotopic (exact) mass is 498 g/mol. The zero-order chi connectivity index (χ0) is 26.0. The van der Waals surface area contributed by atoms with Crippen molar-refractivity contribution in [2.45, 2.75) is 103 Å². The van der Waals surface area contributed by atoms with Gasteiger partial charge in [-0.3, -0.25) is 4.79 Å². The van der Waals surface area contributed by atoms with Crippen molar-refractivity contribution in [2.75, 3.05) is 0 Å². The Bertz CT molecular complexity index is 1070. The fourth-order valence-corrected chi connectivity index (χ4v) is 10.6. The third-order valence-corrected chi connectivity index (χ3v) is 12.6. The van der Waals surface area contributed by atoms with E-state index in [0.29, 0.717) is 31.6 Å². The van der Waals surface area contributed by atoms with Gasteiger partial charge in [0.2, 0.25) is 0 Å². The molecule has 0 aromatic carbocycles. The number of aliphatic carboxylic acids is 1. The van der Waals surface area contributed by atoms with Crippen LogP contribution in [0, 0.1) is 46.3 Å². The first kappa shape index (κ1) is 24.7. The van der Waals surface area contributed by atoms with Gasteiger partial charge in [0.05, 0.1) is 11.5 Å². The lowest BCUT2D eigenvalue weighted by molar-refractivity contribution is -0.238. The van der Waals surface area contributed by atoms with Gasteiger partial charge >= 0.3 is 11.9 Å². The molecule has 11 atom stereocenters.